The molecular weight excluding hydrogens is 250 g/mol. The molecule has 0 saturated heterocycles. The first-order valence-electron chi connectivity index (χ1n) is 7.53. The Hall–Kier alpha value is -1.42. The van der Waals surface area contributed by atoms with Crippen molar-refractivity contribution < 1.29 is 4.79 Å². The summed E-state index contributed by atoms with van der Waals surface area (Å²) in [6.45, 7) is 4.79. The first-order chi connectivity index (χ1) is 9.58. The van der Waals surface area contributed by atoms with E-state index in [1.54, 1.807) is 6.20 Å². The van der Waals surface area contributed by atoms with Crippen LogP contribution in [0.2, 0.25) is 0 Å². The van der Waals surface area contributed by atoms with E-state index in [2.05, 4.69) is 18.8 Å². The molecule has 2 N–H and O–H groups in total. The minimum Gasteiger partial charge on any atom is -0.336 e. The lowest BCUT2D eigenvalue weighted by atomic mass is 9.85. The highest BCUT2D eigenvalue weighted by molar-refractivity contribution is 5.79. The molecule has 1 fully saturated rings. The van der Waals surface area contributed by atoms with Gasteiger partial charge in [-0.25, -0.2) is 0 Å². The van der Waals surface area contributed by atoms with Crippen molar-refractivity contribution in [1.82, 2.24) is 9.88 Å². The molecule has 0 radical (unpaired) electrons. The maximum absolute atomic E-state index is 12.7. The van der Waals surface area contributed by atoms with E-state index in [1.165, 1.54) is 0 Å². The van der Waals surface area contributed by atoms with Gasteiger partial charge in [-0.3, -0.25) is 9.78 Å². The number of nitrogens with zero attached hydrogens (tertiary/aromatic N) is 2. The van der Waals surface area contributed by atoms with Crippen molar-refractivity contribution in [2.45, 2.75) is 58.2 Å². The second kappa shape index (κ2) is 6.84. The summed E-state index contributed by atoms with van der Waals surface area (Å²) >= 11 is 0. The van der Waals surface area contributed by atoms with Crippen molar-refractivity contribution in [2.75, 3.05) is 0 Å². The molecule has 20 heavy (non-hydrogen) atoms. The van der Waals surface area contributed by atoms with E-state index in [1.807, 2.05) is 23.2 Å². The maximum atomic E-state index is 12.7. The topological polar surface area (TPSA) is 59.2 Å². The van der Waals surface area contributed by atoms with Crippen molar-refractivity contribution in [1.29, 1.82) is 0 Å². The summed E-state index contributed by atoms with van der Waals surface area (Å²) < 4.78 is 0. The lowest BCUT2D eigenvalue weighted by Gasteiger charge is -2.33. The Morgan fingerprint density at radius 1 is 1.40 bits per heavy atom. The maximum Gasteiger partial charge on any atom is 0.226 e. The van der Waals surface area contributed by atoms with E-state index in [4.69, 9.17) is 5.73 Å². The summed E-state index contributed by atoms with van der Waals surface area (Å²) in [4.78, 5) is 18.8. The number of aromatic nitrogens is 1. The predicted molar refractivity (Wildman–Crippen MR) is 79.9 cm³/mol. The van der Waals surface area contributed by atoms with Gasteiger partial charge >= 0.3 is 0 Å². The van der Waals surface area contributed by atoms with E-state index in [9.17, 15) is 4.79 Å². The second-order valence-electron chi connectivity index (χ2n) is 6.03. The molecule has 4 nitrogen and oxygen atoms in total. The number of carbonyl (C=O) groups excluding carboxylic acids is 1. The van der Waals surface area contributed by atoms with Crippen LogP contribution in [0.4, 0.5) is 0 Å². The number of nitrogens with two attached hydrogens (primary N) is 1. The number of carbonyl (C=O) groups is 1. The van der Waals surface area contributed by atoms with Gasteiger partial charge in [0, 0.05) is 36.9 Å². The molecule has 1 amide bonds. The van der Waals surface area contributed by atoms with E-state index in [-0.39, 0.29) is 23.9 Å². The first kappa shape index (κ1) is 15.0. The van der Waals surface area contributed by atoms with Gasteiger partial charge in [0.25, 0.3) is 0 Å². The van der Waals surface area contributed by atoms with Crippen LogP contribution in [-0.4, -0.2) is 27.9 Å². The fourth-order valence-corrected chi connectivity index (χ4v) is 2.80. The molecule has 0 unspecified atom stereocenters. The summed E-state index contributed by atoms with van der Waals surface area (Å²) in [5, 5.41) is 0. The molecule has 0 aliphatic heterocycles. The molecule has 1 heterocycles. The summed E-state index contributed by atoms with van der Waals surface area (Å²) in [6.07, 6.45) is 7.38. The molecular formula is C16H25N3O. The Labute approximate surface area is 121 Å². The van der Waals surface area contributed by atoms with Crippen molar-refractivity contribution in [2.24, 2.45) is 11.7 Å². The highest BCUT2D eigenvalue weighted by Gasteiger charge is 2.29. The van der Waals surface area contributed by atoms with Crippen LogP contribution in [0.15, 0.2) is 24.5 Å². The van der Waals surface area contributed by atoms with Gasteiger partial charge in [-0.05, 0) is 51.2 Å². The van der Waals surface area contributed by atoms with Crippen LogP contribution < -0.4 is 5.73 Å². The van der Waals surface area contributed by atoms with Gasteiger partial charge in [-0.15, -0.1) is 0 Å². The van der Waals surface area contributed by atoms with Crippen LogP contribution in [0.5, 0.6) is 0 Å². The highest BCUT2D eigenvalue weighted by Crippen LogP contribution is 2.26. The largest absolute Gasteiger partial charge is 0.336 e. The number of rotatable bonds is 4. The number of hydrogen-bond donors (Lipinski definition) is 1. The van der Waals surface area contributed by atoms with Gasteiger partial charge in [0.15, 0.2) is 0 Å². The minimum absolute atomic E-state index is 0.147. The van der Waals surface area contributed by atoms with Crippen LogP contribution in [0, 0.1) is 5.92 Å². The van der Waals surface area contributed by atoms with Crippen LogP contribution in [0.3, 0.4) is 0 Å². The average Bonchev–Trinajstić information content (AvgIpc) is 2.45. The molecule has 2 rings (SSSR count). The molecule has 1 aliphatic rings. The third-order valence-corrected chi connectivity index (χ3v) is 4.10. The van der Waals surface area contributed by atoms with Gasteiger partial charge in [0.05, 0.1) is 0 Å². The van der Waals surface area contributed by atoms with Crippen molar-refractivity contribution in [3.8, 4) is 0 Å². The Bertz CT molecular complexity index is 425. The third kappa shape index (κ3) is 3.79. The Balaban J connectivity index is 2.03. The summed E-state index contributed by atoms with van der Waals surface area (Å²) in [7, 11) is 0. The Kier molecular flexibility index (Phi) is 5.12. The fraction of sp³-hybridized carbons (Fsp3) is 0.625. The molecule has 0 aromatic carbocycles. The number of hydrogen-bond acceptors (Lipinski definition) is 3. The monoisotopic (exact) mass is 275 g/mol. The molecule has 0 atom stereocenters. The Morgan fingerprint density at radius 3 is 2.65 bits per heavy atom. The molecule has 0 spiro atoms. The lowest BCUT2D eigenvalue weighted by molar-refractivity contribution is -0.139. The van der Waals surface area contributed by atoms with Gasteiger partial charge < -0.3 is 10.6 Å². The normalized spacial score (nSPS) is 22.8. The van der Waals surface area contributed by atoms with Crippen LogP contribution in [0.1, 0.15) is 45.1 Å². The van der Waals surface area contributed by atoms with Crippen LogP contribution in [0.25, 0.3) is 0 Å². The van der Waals surface area contributed by atoms with Crippen molar-refractivity contribution in [3.05, 3.63) is 30.1 Å². The minimum atomic E-state index is 0.147. The Morgan fingerprint density at radius 2 is 2.10 bits per heavy atom. The summed E-state index contributed by atoms with van der Waals surface area (Å²) in [5.41, 5.74) is 7.01. The van der Waals surface area contributed by atoms with Gasteiger partial charge in [0.1, 0.15) is 0 Å². The van der Waals surface area contributed by atoms with E-state index in [0.29, 0.717) is 6.54 Å². The summed E-state index contributed by atoms with van der Waals surface area (Å²) in [6, 6.07) is 4.42. The van der Waals surface area contributed by atoms with E-state index >= 15 is 0 Å². The van der Waals surface area contributed by atoms with Gasteiger partial charge in [0.2, 0.25) is 5.91 Å². The van der Waals surface area contributed by atoms with Crippen LogP contribution in [-0.2, 0) is 11.3 Å². The van der Waals surface area contributed by atoms with E-state index < -0.39 is 0 Å². The molecule has 1 saturated carbocycles. The zero-order chi connectivity index (χ0) is 14.5. The zero-order valence-electron chi connectivity index (χ0n) is 12.5. The van der Waals surface area contributed by atoms with Gasteiger partial charge in [-0.1, -0.05) is 6.07 Å². The van der Waals surface area contributed by atoms with Gasteiger partial charge in [-0.2, -0.15) is 0 Å². The molecule has 1 aromatic rings. The van der Waals surface area contributed by atoms with E-state index in [0.717, 1.165) is 31.2 Å². The predicted octanol–water partition coefficient (Wildman–Crippen LogP) is 2.34. The lowest BCUT2D eigenvalue weighted by Crippen LogP contribution is -2.42. The molecule has 4 heteroatoms. The number of amides is 1. The van der Waals surface area contributed by atoms with Crippen molar-refractivity contribution >= 4 is 5.91 Å². The smallest absolute Gasteiger partial charge is 0.226 e. The first-order valence-corrected chi connectivity index (χ1v) is 7.53. The summed E-state index contributed by atoms with van der Waals surface area (Å²) in [5.74, 6) is 0.421. The quantitative estimate of drug-likeness (QED) is 0.917. The standard InChI is InChI=1S/C16H25N3O/c1-12(2)19(11-13-4-3-9-18-10-13)16(20)14-5-7-15(17)8-6-14/h3-4,9-10,12,14-15H,5-8,11,17H2,1-2H3. The van der Waals surface area contributed by atoms with Crippen molar-refractivity contribution in [3.63, 3.8) is 0 Å². The highest BCUT2D eigenvalue weighted by atomic mass is 16.2. The number of pyridine rings is 1. The fourth-order valence-electron chi connectivity index (χ4n) is 2.80. The molecule has 110 valence electrons. The third-order valence-electron chi connectivity index (χ3n) is 4.10. The molecule has 1 aliphatic carbocycles. The van der Waals surface area contributed by atoms with Crippen LogP contribution >= 0.6 is 0 Å². The SMILES string of the molecule is CC(C)N(Cc1cccnc1)C(=O)C1CCC(N)CC1. The molecule has 1 aromatic heterocycles. The average molecular weight is 275 g/mol. The molecule has 0 bridgehead atoms. The second-order valence-corrected chi connectivity index (χ2v) is 6.03. The zero-order valence-corrected chi connectivity index (χ0v) is 12.5.